The van der Waals surface area contributed by atoms with Crippen molar-refractivity contribution in [3.8, 4) is 0 Å². The molecule has 8 nitrogen and oxygen atoms in total. The molecule has 3 aromatic rings. The second kappa shape index (κ2) is 7.09. The van der Waals surface area contributed by atoms with Gasteiger partial charge in [0.1, 0.15) is 0 Å². The lowest BCUT2D eigenvalue weighted by atomic mass is 10.2. The molecule has 26 heavy (non-hydrogen) atoms. The van der Waals surface area contributed by atoms with Crippen molar-refractivity contribution in [1.82, 2.24) is 34.9 Å². The summed E-state index contributed by atoms with van der Waals surface area (Å²) in [5.74, 6) is -0.174. The fraction of sp³-hybridized carbons (Fsp3) is 0.333. The zero-order valence-electron chi connectivity index (χ0n) is 14.6. The van der Waals surface area contributed by atoms with Crippen LogP contribution in [0.15, 0.2) is 36.8 Å². The minimum Gasteiger partial charge on any atom is -0.348 e. The second-order valence-corrected chi connectivity index (χ2v) is 6.43. The lowest BCUT2D eigenvalue weighted by molar-refractivity contribution is 0.0944. The van der Waals surface area contributed by atoms with E-state index in [-0.39, 0.29) is 5.91 Å². The van der Waals surface area contributed by atoms with Crippen molar-refractivity contribution in [2.45, 2.75) is 33.1 Å². The van der Waals surface area contributed by atoms with Gasteiger partial charge < -0.3 is 10.3 Å². The summed E-state index contributed by atoms with van der Waals surface area (Å²) in [6.45, 7) is 5.63. The van der Waals surface area contributed by atoms with Crippen LogP contribution in [0.5, 0.6) is 0 Å². The van der Waals surface area contributed by atoms with Gasteiger partial charge in [-0.1, -0.05) is 6.07 Å². The molecule has 3 aromatic heterocycles. The normalized spacial score (nSPS) is 14.2. The summed E-state index contributed by atoms with van der Waals surface area (Å²) in [6, 6.07) is 7.51. The molecule has 1 aliphatic heterocycles. The molecule has 0 unspecified atom stereocenters. The van der Waals surface area contributed by atoms with Crippen LogP contribution in [0.2, 0.25) is 0 Å². The van der Waals surface area contributed by atoms with Crippen molar-refractivity contribution < 1.29 is 4.79 Å². The van der Waals surface area contributed by atoms with E-state index in [1.54, 1.807) is 12.5 Å². The summed E-state index contributed by atoms with van der Waals surface area (Å²) in [5.41, 5.74) is 4.48. The molecule has 0 bridgehead atoms. The highest BCUT2D eigenvalue weighted by Gasteiger charge is 2.21. The molecule has 2 N–H and O–H groups in total. The smallest absolute Gasteiger partial charge is 0.272 e. The van der Waals surface area contributed by atoms with Crippen LogP contribution >= 0.6 is 0 Å². The topological polar surface area (TPSA) is 91.7 Å². The van der Waals surface area contributed by atoms with E-state index in [1.807, 2.05) is 35.9 Å². The molecule has 1 aliphatic rings. The molecule has 0 aliphatic carbocycles. The molecule has 0 saturated heterocycles. The first-order valence-corrected chi connectivity index (χ1v) is 8.65. The van der Waals surface area contributed by atoms with Crippen molar-refractivity contribution in [2.24, 2.45) is 0 Å². The van der Waals surface area contributed by atoms with E-state index in [0.29, 0.717) is 12.2 Å². The number of carbonyl (C=O) groups is 1. The van der Waals surface area contributed by atoms with Crippen LogP contribution in [0, 0.1) is 6.92 Å². The van der Waals surface area contributed by atoms with Gasteiger partial charge in [-0.05, 0) is 25.1 Å². The quantitative estimate of drug-likeness (QED) is 0.722. The number of imidazole rings is 1. The maximum absolute atomic E-state index is 12.4. The Bertz CT molecular complexity index is 899. The molecule has 1 amide bonds. The molecule has 0 fully saturated rings. The van der Waals surface area contributed by atoms with E-state index < -0.39 is 0 Å². The van der Waals surface area contributed by atoms with E-state index in [4.69, 9.17) is 0 Å². The molecule has 0 spiro atoms. The van der Waals surface area contributed by atoms with E-state index in [2.05, 4.69) is 30.3 Å². The van der Waals surface area contributed by atoms with Crippen LogP contribution in [0.4, 0.5) is 0 Å². The summed E-state index contributed by atoms with van der Waals surface area (Å²) in [4.78, 5) is 26.4. The number of rotatable bonds is 5. The van der Waals surface area contributed by atoms with Gasteiger partial charge in [0.25, 0.3) is 5.91 Å². The van der Waals surface area contributed by atoms with Gasteiger partial charge in [0.2, 0.25) is 0 Å². The molecule has 0 saturated carbocycles. The van der Waals surface area contributed by atoms with Gasteiger partial charge in [0.15, 0.2) is 5.69 Å². The maximum Gasteiger partial charge on any atom is 0.272 e. The third-order valence-corrected chi connectivity index (χ3v) is 4.57. The Morgan fingerprint density at radius 3 is 3.00 bits per heavy atom. The minimum atomic E-state index is -0.174. The van der Waals surface area contributed by atoms with Crippen LogP contribution in [0.1, 0.15) is 33.3 Å². The number of pyridine rings is 1. The Kier molecular flexibility index (Phi) is 4.49. The van der Waals surface area contributed by atoms with Gasteiger partial charge in [-0.25, -0.2) is 4.98 Å². The van der Waals surface area contributed by atoms with E-state index >= 15 is 0 Å². The van der Waals surface area contributed by atoms with Gasteiger partial charge in [-0.15, -0.1) is 0 Å². The van der Waals surface area contributed by atoms with Gasteiger partial charge >= 0.3 is 0 Å². The second-order valence-electron chi connectivity index (χ2n) is 6.43. The number of nitrogens with one attached hydrogen (secondary N) is 2. The number of aromatic amines is 1. The summed E-state index contributed by atoms with van der Waals surface area (Å²) < 4.78 is 1.92. The Morgan fingerprint density at radius 1 is 1.31 bits per heavy atom. The van der Waals surface area contributed by atoms with Gasteiger partial charge in [0, 0.05) is 31.5 Å². The highest BCUT2D eigenvalue weighted by Crippen LogP contribution is 2.16. The zero-order chi connectivity index (χ0) is 17.9. The summed E-state index contributed by atoms with van der Waals surface area (Å²) >= 11 is 0. The Hall–Kier alpha value is -3.00. The average molecular weight is 351 g/mol. The van der Waals surface area contributed by atoms with Crippen LogP contribution in [0.25, 0.3) is 0 Å². The summed E-state index contributed by atoms with van der Waals surface area (Å²) in [7, 11) is 0. The number of aromatic nitrogens is 5. The number of aryl methyl sites for hydroxylation is 1. The Labute approximate surface area is 151 Å². The SMILES string of the molecule is Cc1[nH]cnc1CN1CCn2nc(C(=O)NCc3ccccn3)cc2C1. The fourth-order valence-electron chi connectivity index (χ4n) is 3.09. The standard InChI is InChI=1S/C18H21N7O/c1-13-17(22-12-21-13)11-24-6-7-25-15(10-24)8-16(23-25)18(26)20-9-14-4-2-3-5-19-14/h2-5,8,12H,6-7,9-11H2,1H3,(H,20,26)(H,21,22). The van der Waals surface area contributed by atoms with Crippen LogP contribution in [0.3, 0.4) is 0 Å². The molecule has 134 valence electrons. The number of fused-ring (bicyclic) bond motifs is 1. The largest absolute Gasteiger partial charge is 0.348 e. The number of amides is 1. The summed E-state index contributed by atoms with van der Waals surface area (Å²) in [5, 5.41) is 7.32. The fourth-order valence-corrected chi connectivity index (χ4v) is 3.09. The molecule has 4 heterocycles. The molecule has 8 heteroatoms. The van der Waals surface area contributed by atoms with Crippen molar-refractivity contribution in [1.29, 1.82) is 0 Å². The zero-order valence-corrected chi connectivity index (χ0v) is 14.6. The van der Waals surface area contributed by atoms with Crippen molar-refractivity contribution in [2.75, 3.05) is 6.54 Å². The van der Waals surface area contributed by atoms with Crippen LogP contribution in [-0.4, -0.2) is 42.1 Å². The molecule has 0 aromatic carbocycles. The first-order valence-electron chi connectivity index (χ1n) is 8.65. The van der Waals surface area contributed by atoms with E-state index in [9.17, 15) is 4.79 Å². The maximum atomic E-state index is 12.4. The molecular weight excluding hydrogens is 330 g/mol. The lowest BCUT2D eigenvalue weighted by Gasteiger charge is -2.26. The number of hydrogen-bond donors (Lipinski definition) is 2. The van der Waals surface area contributed by atoms with Crippen LogP contribution < -0.4 is 5.32 Å². The van der Waals surface area contributed by atoms with E-state index in [1.165, 1.54) is 0 Å². The van der Waals surface area contributed by atoms with Crippen LogP contribution in [-0.2, 0) is 26.2 Å². The van der Waals surface area contributed by atoms with Gasteiger partial charge in [-0.3, -0.25) is 19.4 Å². The Balaban J connectivity index is 1.39. The van der Waals surface area contributed by atoms with Crippen molar-refractivity contribution in [3.63, 3.8) is 0 Å². The number of hydrogen-bond acceptors (Lipinski definition) is 5. The molecule has 4 rings (SSSR count). The lowest BCUT2D eigenvalue weighted by Crippen LogP contribution is -2.33. The van der Waals surface area contributed by atoms with E-state index in [0.717, 1.165) is 49.0 Å². The highest BCUT2D eigenvalue weighted by atomic mass is 16.1. The minimum absolute atomic E-state index is 0.174. The molecule has 0 atom stereocenters. The number of nitrogens with zero attached hydrogens (tertiary/aromatic N) is 5. The number of H-pyrrole nitrogens is 1. The van der Waals surface area contributed by atoms with Crippen molar-refractivity contribution in [3.05, 3.63) is 65.3 Å². The number of carbonyl (C=O) groups excluding carboxylic acids is 1. The monoisotopic (exact) mass is 351 g/mol. The van der Waals surface area contributed by atoms with Crippen molar-refractivity contribution >= 4 is 5.91 Å². The predicted molar refractivity (Wildman–Crippen MR) is 95.1 cm³/mol. The van der Waals surface area contributed by atoms with Gasteiger partial charge in [0.05, 0.1) is 36.5 Å². The summed E-state index contributed by atoms with van der Waals surface area (Å²) in [6.07, 6.45) is 3.44. The average Bonchev–Trinajstić information content (AvgIpc) is 3.26. The third-order valence-electron chi connectivity index (χ3n) is 4.57. The molecule has 0 radical (unpaired) electrons. The first-order chi connectivity index (χ1) is 12.7. The first kappa shape index (κ1) is 16.5. The van der Waals surface area contributed by atoms with Gasteiger partial charge in [-0.2, -0.15) is 5.10 Å². The predicted octanol–water partition coefficient (Wildman–Crippen LogP) is 1.26. The molecular formula is C18H21N7O. The Morgan fingerprint density at radius 2 is 2.23 bits per heavy atom. The third kappa shape index (κ3) is 3.50. The highest BCUT2D eigenvalue weighted by molar-refractivity contribution is 5.92.